The van der Waals surface area contributed by atoms with Crippen LogP contribution in [0.2, 0.25) is 0 Å². The fourth-order valence-corrected chi connectivity index (χ4v) is 11.6. The molecule has 0 bridgehead atoms. The largest absolute Gasteiger partial charge is 0.394 e. The Balaban J connectivity index is 1.46. The van der Waals surface area contributed by atoms with Crippen molar-refractivity contribution < 1.29 is 89.4 Å². The van der Waals surface area contributed by atoms with Crippen molar-refractivity contribution in [3.05, 3.63) is 60.8 Å². The van der Waals surface area contributed by atoms with Crippen LogP contribution in [0.15, 0.2) is 60.8 Å². The van der Waals surface area contributed by atoms with Crippen molar-refractivity contribution in [3.8, 4) is 0 Å². The number of unbranched alkanes of at least 4 members (excludes halogenated alkanes) is 29. The van der Waals surface area contributed by atoms with Crippen molar-refractivity contribution in [1.29, 1.82) is 0 Å². The first kappa shape index (κ1) is 80.7. The molecule has 3 fully saturated rings. The molecule has 1 amide bonds. The monoisotopic (exact) mass is 1270 g/mol. The first-order valence-corrected chi connectivity index (χ1v) is 35.0. The molecule has 0 aromatic carbocycles. The van der Waals surface area contributed by atoms with Gasteiger partial charge in [-0.15, -0.1) is 0 Å². The van der Waals surface area contributed by atoms with Crippen LogP contribution >= 0.6 is 0 Å². The number of carbonyl (C=O) groups excluding carboxylic acids is 1. The standard InChI is InChI=1S/C70H125NO18/c1-3-5-7-9-11-13-15-17-19-21-23-24-25-26-27-28-30-31-33-35-37-39-41-43-45-47-54(75)53(71-58(76)48-46-44-42-40-38-36-34-32-29-22-20-18-16-14-12-10-8-6-4-2)52-84-68-64(82)61(79)66(56(50-73)86-68)89-70-65(83)62(80)67(57(51-74)87-70)88-69-63(81)60(78)59(77)55(49-72)85-69/h12,14,18,20,29,32,37,39,45,47,53-57,59-70,72-75,77-83H,3-11,13,15-17,19,21-28,30-31,33-36,38,40-44,46,48-52H2,1-2H3,(H,71,76)/b14-12-,20-18-,32-29-,39-37+,47-45+. The van der Waals surface area contributed by atoms with Crippen LogP contribution in [0, 0.1) is 0 Å². The molecule has 17 unspecified atom stereocenters. The van der Waals surface area contributed by atoms with Gasteiger partial charge in [0.15, 0.2) is 18.9 Å². The lowest BCUT2D eigenvalue weighted by molar-refractivity contribution is -0.379. The molecule has 3 saturated heterocycles. The molecular weight excluding hydrogens is 1140 g/mol. The van der Waals surface area contributed by atoms with Crippen LogP contribution in [0.4, 0.5) is 0 Å². The van der Waals surface area contributed by atoms with Crippen LogP contribution in [0.1, 0.15) is 245 Å². The number of allylic oxidation sites excluding steroid dienone is 9. The Kier molecular flexibility index (Phi) is 47.0. The van der Waals surface area contributed by atoms with Gasteiger partial charge in [-0.1, -0.05) is 229 Å². The number of carbonyl (C=O) groups is 1. The van der Waals surface area contributed by atoms with E-state index in [0.717, 1.165) is 77.0 Å². The Labute approximate surface area is 535 Å². The van der Waals surface area contributed by atoms with Crippen molar-refractivity contribution in [2.45, 2.75) is 349 Å². The van der Waals surface area contributed by atoms with Gasteiger partial charge in [0.25, 0.3) is 0 Å². The van der Waals surface area contributed by atoms with Crippen LogP contribution in [0.5, 0.6) is 0 Å². The van der Waals surface area contributed by atoms with E-state index >= 15 is 0 Å². The molecule has 3 aliphatic rings. The number of nitrogens with one attached hydrogen (secondary N) is 1. The molecular formula is C70H125NO18. The molecule has 3 rings (SSSR count). The molecule has 0 spiro atoms. The Morgan fingerprint density at radius 1 is 0.404 bits per heavy atom. The number of rotatable bonds is 53. The first-order chi connectivity index (χ1) is 43.3. The number of aliphatic hydroxyl groups is 11. The van der Waals surface area contributed by atoms with E-state index in [1.54, 1.807) is 6.08 Å². The summed E-state index contributed by atoms with van der Waals surface area (Å²) in [7, 11) is 0. The summed E-state index contributed by atoms with van der Waals surface area (Å²) in [6.07, 6.45) is 36.2. The van der Waals surface area contributed by atoms with E-state index in [1.165, 1.54) is 135 Å². The van der Waals surface area contributed by atoms with Crippen LogP contribution < -0.4 is 5.32 Å². The number of hydrogen-bond acceptors (Lipinski definition) is 18. The van der Waals surface area contributed by atoms with Gasteiger partial charge in [-0.2, -0.15) is 0 Å². The van der Waals surface area contributed by atoms with Crippen LogP contribution in [-0.4, -0.2) is 193 Å². The Morgan fingerprint density at radius 2 is 0.753 bits per heavy atom. The lowest BCUT2D eigenvalue weighted by atomic mass is 9.96. The Morgan fingerprint density at radius 3 is 1.22 bits per heavy atom. The minimum absolute atomic E-state index is 0.219. The summed E-state index contributed by atoms with van der Waals surface area (Å²) in [4.78, 5) is 13.4. The lowest BCUT2D eigenvalue weighted by Gasteiger charge is -2.48. The van der Waals surface area contributed by atoms with Gasteiger partial charge in [0.1, 0.15) is 73.2 Å². The second-order valence-corrected chi connectivity index (χ2v) is 25.0. The third-order valence-electron chi connectivity index (χ3n) is 17.3. The molecule has 3 aliphatic heterocycles. The third kappa shape index (κ3) is 33.9. The van der Waals surface area contributed by atoms with E-state index in [2.05, 4.69) is 67.8 Å². The van der Waals surface area contributed by atoms with Gasteiger partial charge in [-0.25, -0.2) is 0 Å². The molecule has 0 aromatic rings. The molecule has 12 N–H and O–H groups in total. The first-order valence-electron chi connectivity index (χ1n) is 35.0. The smallest absolute Gasteiger partial charge is 0.220 e. The normalized spacial score (nSPS) is 28.6. The average Bonchev–Trinajstić information content (AvgIpc) is 2.46. The molecule has 3 heterocycles. The summed E-state index contributed by atoms with van der Waals surface area (Å²) in [5, 5.41) is 120. The zero-order valence-corrected chi connectivity index (χ0v) is 54.6. The number of hydrogen-bond donors (Lipinski definition) is 12. The van der Waals surface area contributed by atoms with Gasteiger partial charge in [-0.3, -0.25) is 4.79 Å². The maximum atomic E-state index is 13.4. The molecule has 0 aliphatic carbocycles. The highest BCUT2D eigenvalue weighted by Gasteiger charge is 2.53. The predicted octanol–water partition coefficient (Wildman–Crippen LogP) is 9.16. The van der Waals surface area contributed by atoms with E-state index in [9.17, 15) is 61.0 Å². The van der Waals surface area contributed by atoms with Crippen molar-refractivity contribution in [1.82, 2.24) is 5.32 Å². The van der Waals surface area contributed by atoms with Crippen LogP contribution in [-0.2, 0) is 33.2 Å². The molecule has 0 radical (unpaired) electrons. The van der Waals surface area contributed by atoms with Gasteiger partial charge in [0.05, 0.1) is 38.6 Å². The Hall–Kier alpha value is -2.51. The number of amides is 1. The van der Waals surface area contributed by atoms with E-state index < -0.39 is 124 Å². The summed E-state index contributed by atoms with van der Waals surface area (Å²) < 4.78 is 34.3. The highest BCUT2D eigenvalue weighted by atomic mass is 16.8. The van der Waals surface area contributed by atoms with E-state index in [-0.39, 0.29) is 18.9 Å². The zero-order chi connectivity index (χ0) is 64.7. The van der Waals surface area contributed by atoms with Gasteiger partial charge in [0, 0.05) is 6.42 Å². The summed E-state index contributed by atoms with van der Waals surface area (Å²) in [5.41, 5.74) is 0. The lowest BCUT2D eigenvalue weighted by Crippen LogP contribution is -2.66. The van der Waals surface area contributed by atoms with Crippen molar-refractivity contribution in [2.75, 3.05) is 26.4 Å². The maximum absolute atomic E-state index is 13.4. The van der Waals surface area contributed by atoms with Crippen LogP contribution in [0.3, 0.4) is 0 Å². The van der Waals surface area contributed by atoms with Gasteiger partial charge in [-0.05, 0) is 70.6 Å². The van der Waals surface area contributed by atoms with Crippen molar-refractivity contribution in [2.24, 2.45) is 0 Å². The second kappa shape index (κ2) is 51.8. The van der Waals surface area contributed by atoms with Crippen molar-refractivity contribution >= 4 is 5.91 Å². The minimum Gasteiger partial charge on any atom is -0.394 e. The molecule has 19 heteroatoms. The fourth-order valence-electron chi connectivity index (χ4n) is 11.6. The summed E-state index contributed by atoms with van der Waals surface area (Å²) in [6.45, 7) is 1.69. The minimum atomic E-state index is -1.98. The fraction of sp³-hybridized carbons (Fsp3) is 0.843. The highest BCUT2D eigenvalue weighted by molar-refractivity contribution is 5.76. The molecule has 0 aromatic heterocycles. The van der Waals surface area contributed by atoms with E-state index in [4.69, 9.17) is 28.4 Å². The molecule has 518 valence electrons. The highest BCUT2D eigenvalue weighted by Crippen LogP contribution is 2.33. The zero-order valence-electron chi connectivity index (χ0n) is 54.6. The molecule has 89 heavy (non-hydrogen) atoms. The van der Waals surface area contributed by atoms with Gasteiger partial charge < -0.3 is 89.9 Å². The summed E-state index contributed by atoms with van der Waals surface area (Å²) in [6, 6.07) is -1.00. The average molecular weight is 1270 g/mol. The molecule has 0 saturated carbocycles. The second-order valence-electron chi connectivity index (χ2n) is 25.0. The van der Waals surface area contributed by atoms with Crippen molar-refractivity contribution in [3.63, 3.8) is 0 Å². The summed E-state index contributed by atoms with van der Waals surface area (Å²) >= 11 is 0. The molecule has 17 atom stereocenters. The maximum Gasteiger partial charge on any atom is 0.220 e. The summed E-state index contributed by atoms with van der Waals surface area (Å²) in [5.74, 6) is -0.298. The van der Waals surface area contributed by atoms with E-state index in [1.807, 2.05) is 6.08 Å². The SMILES string of the molecule is CCCCC/C=C\C/C=C\C/C=C\CCCCCCCCC(=O)NC(COC1OC(CO)C(OC2OC(CO)C(OC3OC(CO)C(O)C(O)C3O)C(O)C2O)C(O)C1O)C(O)/C=C/CC/C=C/CCCCCCCCCCCCCCCCCCCCC. The number of aliphatic hydroxyl groups excluding tert-OH is 11. The predicted molar refractivity (Wildman–Crippen MR) is 346 cm³/mol. The number of ether oxygens (including phenoxy) is 6. The molecule has 19 nitrogen and oxygen atoms in total. The van der Waals surface area contributed by atoms with Crippen LogP contribution in [0.25, 0.3) is 0 Å². The van der Waals surface area contributed by atoms with Gasteiger partial charge >= 0.3 is 0 Å². The third-order valence-corrected chi connectivity index (χ3v) is 17.3. The van der Waals surface area contributed by atoms with Gasteiger partial charge in [0.2, 0.25) is 5.91 Å². The quantitative estimate of drug-likeness (QED) is 0.0199. The van der Waals surface area contributed by atoms with E-state index in [0.29, 0.717) is 12.8 Å². The topological polar surface area (TPSA) is 307 Å². The Bertz CT molecular complexity index is 1850.